The molecule has 1 aliphatic heterocycles. The number of carbonyl (C=O) groups is 2. The molecule has 2 aromatic rings. The molecule has 0 amide bonds. The first-order valence-corrected chi connectivity index (χ1v) is 14.1. The summed E-state index contributed by atoms with van der Waals surface area (Å²) in [6.07, 6.45) is 4.91. The van der Waals surface area contributed by atoms with Crippen LogP contribution in [-0.4, -0.2) is 48.1 Å². The van der Waals surface area contributed by atoms with Crippen LogP contribution in [0.2, 0.25) is 0 Å². The maximum absolute atomic E-state index is 13.3. The zero-order valence-corrected chi connectivity index (χ0v) is 23.6. The topological polar surface area (TPSA) is 71.1 Å². The summed E-state index contributed by atoms with van der Waals surface area (Å²) in [5.74, 6) is -0.636. The lowest BCUT2D eigenvalue weighted by molar-refractivity contribution is -0.288. The number of fused-ring (bicyclic) bond motifs is 1. The maximum atomic E-state index is 13.3. The van der Waals surface area contributed by atoms with Gasteiger partial charge in [0.2, 0.25) is 0 Å². The molecule has 3 fully saturated rings. The highest BCUT2D eigenvalue weighted by Gasteiger charge is 2.78. The van der Waals surface area contributed by atoms with E-state index >= 15 is 0 Å². The average Bonchev–Trinajstić information content (AvgIpc) is 3.10. The molecule has 1 spiro atoms. The highest BCUT2D eigenvalue weighted by Crippen LogP contribution is 2.67. The second kappa shape index (κ2) is 10.5. The van der Waals surface area contributed by atoms with Crippen molar-refractivity contribution in [3.8, 4) is 0 Å². The van der Waals surface area contributed by atoms with E-state index in [0.717, 1.165) is 12.0 Å². The predicted molar refractivity (Wildman–Crippen MR) is 149 cm³/mol. The standard InChI is InChI=1S/C33H40O6/c1-22-18-19-27(37-23(2)34)32(5)28(38-30(35)25-16-10-7-11-17-25)21-26-29(33(22,32)39-31(26,3)4)36-20-12-15-24-13-8-6-9-14-24/h6-17,22,26-29H,18-21H2,1-5H3. The van der Waals surface area contributed by atoms with Gasteiger partial charge in [0.05, 0.1) is 29.3 Å². The minimum absolute atomic E-state index is 0.0113. The van der Waals surface area contributed by atoms with Crippen LogP contribution in [0.15, 0.2) is 66.7 Å². The number of benzene rings is 2. The smallest absolute Gasteiger partial charge is 0.338 e. The molecule has 1 heterocycles. The fourth-order valence-corrected chi connectivity index (χ4v) is 7.54. The third-order valence-corrected chi connectivity index (χ3v) is 9.40. The Kier molecular flexibility index (Phi) is 7.47. The van der Waals surface area contributed by atoms with Crippen LogP contribution in [0.5, 0.6) is 0 Å². The molecule has 7 atom stereocenters. The molecule has 2 bridgehead atoms. The van der Waals surface area contributed by atoms with Crippen molar-refractivity contribution in [2.45, 2.75) is 83.4 Å². The maximum Gasteiger partial charge on any atom is 0.338 e. The Morgan fingerprint density at radius 2 is 1.62 bits per heavy atom. The van der Waals surface area contributed by atoms with E-state index in [-0.39, 0.29) is 29.9 Å². The van der Waals surface area contributed by atoms with Crippen LogP contribution in [0.4, 0.5) is 0 Å². The Balaban J connectivity index is 1.52. The van der Waals surface area contributed by atoms with Gasteiger partial charge in [0.15, 0.2) is 0 Å². The molecule has 3 aliphatic rings. The van der Waals surface area contributed by atoms with Crippen molar-refractivity contribution < 1.29 is 28.5 Å². The molecule has 2 saturated carbocycles. The zero-order chi connectivity index (χ0) is 27.8. The summed E-state index contributed by atoms with van der Waals surface area (Å²) >= 11 is 0. The molecule has 2 aliphatic carbocycles. The third kappa shape index (κ3) is 4.72. The number of rotatable bonds is 7. The quantitative estimate of drug-likeness (QED) is 0.393. The molecule has 0 radical (unpaired) electrons. The zero-order valence-electron chi connectivity index (χ0n) is 23.6. The Hall–Kier alpha value is -2.96. The summed E-state index contributed by atoms with van der Waals surface area (Å²) in [6, 6.07) is 19.2. The summed E-state index contributed by atoms with van der Waals surface area (Å²) in [6.45, 7) is 10.3. The Bertz CT molecular complexity index is 1210. The van der Waals surface area contributed by atoms with Crippen LogP contribution >= 0.6 is 0 Å². The van der Waals surface area contributed by atoms with Crippen LogP contribution < -0.4 is 0 Å². The molecule has 0 aromatic heterocycles. The first-order valence-electron chi connectivity index (χ1n) is 14.1. The summed E-state index contributed by atoms with van der Waals surface area (Å²) in [5, 5.41) is 0. The molecular weight excluding hydrogens is 492 g/mol. The number of esters is 2. The monoisotopic (exact) mass is 532 g/mol. The van der Waals surface area contributed by atoms with Crippen molar-refractivity contribution >= 4 is 18.0 Å². The lowest BCUT2D eigenvalue weighted by atomic mass is 9.49. The average molecular weight is 533 g/mol. The van der Waals surface area contributed by atoms with Gasteiger partial charge < -0.3 is 18.9 Å². The predicted octanol–water partition coefficient (Wildman–Crippen LogP) is 6.25. The first-order chi connectivity index (χ1) is 18.6. The van der Waals surface area contributed by atoms with Gasteiger partial charge in [0, 0.05) is 12.8 Å². The highest BCUT2D eigenvalue weighted by molar-refractivity contribution is 5.89. The fourth-order valence-electron chi connectivity index (χ4n) is 7.54. The van der Waals surface area contributed by atoms with Gasteiger partial charge in [-0.25, -0.2) is 4.79 Å². The van der Waals surface area contributed by atoms with Crippen molar-refractivity contribution in [1.82, 2.24) is 0 Å². The van der Waals surface area contributed by atoms with E-state index in [9.17, 15) is 9.59 Å². The van der Waals surface area contributed by atoms with Crippen molar-refractivity contribution in [2.24, 2.45) is 17.3 Å². The summed E-state index contributed by atoms with van der Waals surface area (Å²) in [4.78, 5) is 25.7. The minimum Gasteiger partial charge on any atom is -0.462 e. The van der Waals surface area contributed by atoms with Crippen molar-refractivity contribution in [2.75, 3.05) is 6.61 Å². The number of carbonyl (C=O) groups excluding carboxylic acids is 2. The van der Waals surface area contributed by atoms with E-state index in [1.807, 2.05) is 42.5 Å². The van der Waals surface area contributed by atoms with Crippen LogP contribution in [0.25, 0.3) is 6.08 Å². The van der Waals surface area contributed by atoms with Crippen LogP contribution in [0, 0.1) is 17.3 Å². The first kappa shape index (κ1) is 27.6. The van der Waals surface area contributed by atoms with Gasteiger partial charge in [-0.05, 0) is 63.6 Å². The second-order valence-corrected chi connectivity index (χ2v) is 12.0. The van der Waals surface area contributed by atoms with E-state index < -0.39 is 28.8 Å². The molecule has 208 valence electrons. The van der Waals surface area contributed by atoms with Crippen molar-refractivity contribution in [3.05, 3.63) is 77.9 Å². The van der Waals surface area contributed by atoms with Gasteiger partial charge in [0.1, 0.15) is 17.8 Å². The van der Waals surface area contributed by atoms with Crippen molar-refractivity contribution in [3.63, 3.8) is 0 Å². The SMILES string of the molecule is CC(=O)OC1CCC(C)C23OC(C)(C)C(CC(OC(=O)c4ccccc4)C12C)C3OCC=Cc1ccccc1. The number of ether oxygens (including phenoxy) is 4. The van der Waals surface area contributed by atoms with Crippen LogP contribution in [0.3, 0.4) is 0 Å². The van der Waals surface area contributed by atoms with E-state index in [2.05, 4.69) is 45.9 Å². The summed E-state index contributed by atoms with van der Waals surface area (Å²) in [7, 11) is 0. The molecule has 0 N–H and O–H groups in total. The molecule has 6 heteroatoms. The van der Waals surface area contributed by atoms with Gasteiger partial charge in [-0.2, -0.15) is 0 Å². The molecule has 5 rings (SSSR count). The molecule has 1 saturated heterocycles. The minimum atomic E-state index is -0.807. The van der Waals surface area contributed by atoms with E-state index in [0.29, 0.717) is 25.0 Å². The fraction of sp³-hybridized carbons (Fsp3) is 0.515. The van der Waals surface area contributed by atoms with Gasteiger partial charge in [-0.15, -0.1) is 0 Å². The lowest BCUT2D eigenvalue weighted by Crippen LogP contribution is -2.73. The lowest BCUT2D eigenvalue weighted by Gasteiger charge is -2.62. The van der Waals surface area contributed by atoms with Crippen LogP contribution in [-0.2, 0) is 23.7 Å². The largest absolute Gasteiger partial charge is 0.462 e. The molecular formula is C33H40O6. The van der Waals surface area contributed by atoms with Crippen molar-refractivity contribution in [1.29, 1.82) is 0 Å². The summed E-state index contributed by atoms with van der Waals surface area (Å²) < 4.78 is 26.2. The molecule has 7 unspecified atom stereocenters. The van der Waals surface area contributed by atoms with Gasteiger partial charge >= 0.3 is 11.9 Å². The number of hydrogen-bond acceptors (Lipinski definition) is 6. The van der Waals surface area contributed by atoms with Gasteiger partial charge in [-0.3, -0.25) is 4.79 Å². The Morgan fingerprint density at radius 1 is 0.949 bits per heavy atom. The molecule has 39 heavy (non-hydrogen) atoms. The van der Waals surface area contributed by atoms with Gasteiger partial charge in [-0.1, -0.05) is 67.6 Å². The third-order valence-electron chi connectivity index (χ3n) is 9.40. The second-order valence-electron chi connectivity index (χ2n) is 12.0. The Morgan fingerprint density at radius 3 is 2.28 bits per heavy atom. The molecule has 6 nitrogen and oxygen atoms in total. The van der Waals surface area contributed by atoms with E-state index in [1.54, 1.807) is 12.1 Å². The Labute approximate surface area is 231 Å². The van der Waals surface area contributed by atoms with Gasteiger partial charge in [0.25, 0.3) is 0 Å². The molecule has 2 aromatic carbocycles. The highest BCUT2D eigenvalue weighted by atomic mass is 16.6. The van der Waals surface area contributed by atoms with E-state index in [1.165, 1.54) is 6.92 Å². The summed E-state index contributed by atoms with van der Waals surface area (Å²) in [5.41, 5.74) is -0.519. The van der Waals surface area contributed by atoms with Crippen LogP contribution in [0.1, 0.15) is 69.8 Å². The van der Waals surface area contributed by atoms with E-state index in [4.69, 9.17) is 18.9 Å². The normalized spacial score (nSPS) is 34.8. The number of hydrogen-bond donors (Lipinski definition) is 0.